The summed E-state index contributed by atoms with van der Waals surface area (Å²) < 4.78 is 13.6. The molecule has 4 nitrogen and oxygen atoms in total. The summed E-state index contributed by atoms with van der Waals surface area (Å²) in [4.78, 5) is 12.2. The lowest BCUT2D eigenvalue weighted by atomic mass is 9.88. The molecular weight excluding hydrogens is 447 g/mol. The lowest BCUT2D eigenvalue weighted by molar-refractivity contribution is 0.120. The first-order valence-electron chi connectivity index (χ1n) is 13.3. The first-order chi connectivity index (χ1) is 17.7. The van der Waals surface area contributed by atoms with Crippen molar-refractivity contribution in [3.8, 4) is 0 Å². The van der Waals surface area contributed by atoms with E-state index in [9.17, 15) is 4.39 Å². The van der Waals surface area contributed by atoms with E-state index in [1.165, 1.54) is 41.9 Å². The Labute approximate surface area is 215 Å². The van der Waals surface area contributed by atoms with Crippen LogP contribution >= 0.6 is 0 Å². The number of halogens is 1. The summed E-state index contributed by atoms with van der Waals surface area (Å²) in [6, 6.07) is 23.8. The summed E-state index contributed by atoms with van der Waals surface area (Å²) >= 11 is 0. The number of pyridine rings is 1. The summed E-state index contributed by atoms with van der Waals surface area (Å²) in [6.45, 7) is 10.1. The summed E-state index contributed by atoms with van der Waals surface area (Å²) in [7, 11) is 0. The molecule has 0 radical (unpaired) electrons. The Kier molecular flexibility index (Phi) is 8.55. The first kappa shape index (κ1) is 24.8. The van der Waals surface area contributed by atoms with E-state index in [-0.39, 0.29) is 5.82 Å². The molecule has 2 aliphatic heterocycles. The van der Waals surface area contributed by atoms with Gasteiger partial charge in [0.05, 0.1) is 5.69 Å². The van der Waals surface area contributed by atoms with Crippen LogP contribution in [0.4, 0.5) is 4.39 Å². The summed E-state index contributed by atoms with van der Waals surface area (Å²) in [6.07, 6.45) is 5.26. The molecule has 5 rings (SSSR count). The van der Waals surface area contributed by atoms with Gasteiger partial charge >= 0.3 is 0 Å². The average molecular weight is 485 g/mol. The molecule has 0 saturated carbocycles. The van der Waals surface area contributed by atoms with E-state index >= 15 is 0 Å². The number of benzene rings is 2. The smallest absolute Gasteiger partial charge is 0.123 e. The van der Waals surface area contributed by atoms with Crippen LogP contribution in [0.1, 0.15) is 36.1 Å². The molecule has 0 aliphatic carbocycles. The van der Waals surface area contributed by atoms with Crippen molar-refractivity contribution in [2.45, 2.75) is 25.8 Å². The van der Waals surface area contributed by atoms with E-state index in [4.69, 9.17) is 0 Å². The zero-order chi connectivity index (χ0) is 24.6. The molecule has 2 aliphatic rings. The number of piperazine rings is 1. The van der Waals surface area contributed by atoms with Crippen LogP contribution in [0.5, 0.6) is 0 Å². The second-order valence-corrected chi connectivity index (χ2v) is 9.99. The Morgan fingerprint density at radius 1 is 0.667 bits per heavy atom. The number of likely N-dealkylation sites (tertiary alicyclic amines) is 1. The first-order valence-corrected chi connectivity index (χ1v) is 13.3. The molecule has 2 saturated heterocycles. The highest BCUT2D eigenvalue weighted by Crippen LogP contribution is 2.32. The van der Waals surface area contributed by atoms with Gasteiger partial charge in [-0.15, -0.1) is 0 Å². The van der Waals surface area contributed by atoms with Crippen LogP contribution in [0, 0.1) is 5.82 Å². The predicted molar refractivity (Wildman–Crippen MR) is 145 cm³/mol. The van der Waals surface area contributed by atoms with E-state index in [0.29, 0.717) is 0 Å². The van der Waals surface area contributed by atoms with Crippen LogP contribution in [-0.4, -0.2) is 72.0 Å². The molecule has 1 aromatic heterocycles. The quantitative estimate of drug-likeness (QED) is 0.431. The van der Waals surface area contributed by atoms with Crippen molar-refractivity contribution in [3.63, 3.8) is 0 Å². The second kappa shape index (κ2) is 12.4. The van der Waals surface area contributed by atoms with E-state index in [1.807, 2.05) is 24.4 Å². The minimum atomic E-state index is -0.180. The summed E-state index contributed by atoms with van der Waals surface area (Å²) in [5, 5.41) is 0. The third kappa shape index (κ3) is 6.67. The van der Waals surface area contributed by atoms with Gasteiger partial charge in [0.25, 0.3) is 0 Å². The molecule has 0 unspecified atom stereocenters. The topological polar surface area (TPSA) is 22.6 Å². The van der Waals surface area contributed by atoms with Crippen molar-refractivity contribution in [2.24, 2.45) is 0 Å². The highest BCUT2D eigenvalue weighted by molar-refractivity contribution is 5.82. The Hall–Kier alpha value is -2.86. The molecule has 0 spiro atoms. The normalized spacial score (nSPS) is 17.9. The Morgan fingerprint density at radius 3 is 1.94 bits per heavy atom. The maximum absolute atomic E-state index is 13.6. The summed E-state index contributed by atoms with van der Waals surface area (Å²) in [5.41, 5.74) is 6.30. The van der Waals surface area contributed by atoms with Gasteiger partial charge in [0, 0.05) is 52.0 Å². The van der Waals surface area contributed by atoms with Crippen molar-refractivity contribution in [1.29, 1.82) is 0 Å². The van der Waals surface area contributed by atoms with Gasteiger partial charge in [-0.1, -0.05) is 54.1 Å². The maximum Gasteiger partial charge on any atom is 0.123 e. The number of hydrogen-bond acceptors (Lipinski definition) is 4. The average Bonchev–Trinajstić information content (AvgIpc) is 2.93. The standard InChI is InChI=1S/C31H37FN4/c32-29-12-10-27(11-13-29)31(26-7-2-1-3-8-26)28-14-19-34(20-15-28)17-6-18-35-21-23-36(24-22-35)25-30-9-4-5-16-33-30/h1-5,7-13,16H,6,14-15,17-25H2. The van der Waals surface area contributed by atoms with E-state index < -0.39 is 0 Å². The number of nitrogens with zero attached hydrogens (tertiary/aromatic N) is 4. The fourth-order valence-electron chi connectivity index (χ4n) is 5.50. The molecule has 2 aromatic carbocycles. The molecule has 3 aromatic rings. The van der Waals surface area contributed by atoms with Crippen molar-refractivity contribution >= 4 is 5.57 Å². The molecule has 0 bridgehead atoms. The van der Waals surface area contributed by atoms with Crippen molar-refractivity contribution < 1.29 is 4.39 Å². The van der Waals surface area contributed by atoms with Gasteiger partial charge in [0.1, 0.15) is 5.82 Å². The van der Waals surface area contributed by atoms with Crippen molar-refractivity contribution in [1.82, 2.24) is 19.7 Å². The molecule has 0 N–H and O–H groups in total. The zero-order valence-corrected chi connectivity index (χ0v) is 21.2. The molecule has 0 atom stereocenters. The van der Waals surface area contributed by atoms with Crippen molar-refractivity contribution in [3.05, 3.63) is 107 Å². The number of hydrogen-bond donors (Lipinski definition) is 0. The molecular formula is C31H37FN4. The summed E-state index contributed by atoms with van der Waals surface area (Å²) in [5.74, 6) is -0.180. The molecule has 0 amide bonds. The Morgan fingerprint density at radius 2 is 1.28 bits per heavy atom. The largest absolute Gasteiger partial charge is 0.303 e. The molecule has 5 heteroatoms. The Bertz CT molecular complexity index is 1100. The second-order valence-electron chi connectivity index (χ2n) is 9.99. The van der Waals surface area contributed by atoms with Gasteiger partial charge in [-0.25, -0.2) is 4.39 Å². The Balaban J connectivity index is 1.09. The van der Waals surface area contributed by atoms with Crippen LogP contribution in [0.25, 0.3) is 5.57 Å². The minimum Gasteiger partial charge on any atom is -0.303 e. The molecule has 2 fully saturated rings. The lowest BCUT2D eigenvalue weighted by Gasteiger charge is -2.35. The van der Waals surface area contributed by atoms with E-state index in [2.05, 4.69) is 62.1 Å². The van der Waals surface area contributed by atoms with E-state index in [0.717, 1.165) is 64.2 Å². The monoisotopic (exact) mass is 484 g/mol. The molecule has 188 valence electrons. The number of piperidine rings is 1. The van der Waals surface area contributed by atoms with Crippen molar-refractivity contribution in [2.75, 3.05) is 52.4 Å². The van der Waals surface area contributed by atoms with Gasteiger partial charge < -0.3 is 9.80 Å². The zero-order valence-electron chi connectivity index (χ0n) is 21.2. The molecule has 3 heterocycles. The van der Waals surface area contributed by atoms with Crippen LogP contribution < -0.4 is 0 Å². The number of rotatable bonds is 8. The predicted octanol–water partition coefficient (Wildman–Crippen LogP) is 5.33. The fourth-order valence-corrected chi connectivity index (χ4v) is 5.50. The highest BCUT2D eigenvalue weighted by atomic mass is 19.1. The van der Waals surface area contributed by atoms with Gasteiger partial charge in [-0.3, -0.25) is 9.88 Å². The molecule has 36 heavy (non-hydrogen) atoms. The van der Waals surface area contributed by atoms with Crippen LogP contribution in [0.15, 0.2) is 84.6 Å². The van der Waals surface area contributed by atoms with Gasteiger partial charge in [0.15, 0.2) is 0 Å². The SMILES string of the molecule is Fc1ccc(C(=C2CCN(CCCN3CCN(Cc4ccccn4)CC3)CC2)c2ccccc2)cc1. The van der Waals surface area contributed by atoms with Gasteiger partial charge in [-0.05, 0) is 73.3 Å². The van der Waals surface area contributed by atoms with E-state index in [1.54, 1.807) is 12.1 Å². The van der Waals surface area contributed by atoms with Crippen LogP contribution in [0.3, 0.4) is 0 Å². The lowest BCUT2D eigenvalue weighted by Crippen LogP contribution is -2.46. The fraction of sp³-hybridized carbons (Fsp3) is 0.387. The van der Waals surface area contributed by atoms with Crippen LogP contribution in [0.2, 0.25) is 0 Å². The van der Waals surface area contributed by atoms with Gasteiger partial charge in [0.2, 0.25) is 0 Å². The van der Waals surface area contributed by atoms with Crippen LogP contribution in [-0.2, 0) is 6.54 Å². The minimum absolute atomic E-state index is 0.180. The highest BCUT2D eigenvalue weighted by Gasteiger charge is 2.20. The third-order valence-electron chi connectivity index (χ3n) is 7.53. The third-order valence-corrected chi connectivity index (χ3v) is 7.53. The number of aromatic nitrogens is 1. The maximum atomic E-state index is 13.6. The van der Waals surface area contributed by atoms with Gasteiger partial charge in [-0.2, -0.15) is 0 Å².